The quantitative estimate of drug-likeness (QED) is 0.772. The molecule has 1 N–H and O–H groups in total. The molecular weight excluding hydrogens is 332 g/mol. The topological polar surface area (TPSA) is 73.9 Å². The van der Waals surface area contributed by atoms with Crippen LogP contribution in [0.4, 0.5) is 0 Å². The molecule has 0 saturated heterocycles. The Hall–Kier alpha value is -2.06. The van der Waals surface area contributed by atoms with Crippen LogP contribution in [-0.4, -0.2) is 17.1 Å². The second kappa shape index (κ2) is 7.88. The molecule has 0 aromatic heterocycles. The van der Waals surface area contributed by atoms with Gasteiger partial charge in [0.1, 0.15) is 5.92 Å². The first kappa shape index (κ1) is 19.3. The summed E-state index contributed by atoms with van der Waals surface area (Å²) in [5, 5.41) is 18.1. The number of nitrogens with zero attached hydrogens (tertiary/aromatic N) is 1. The van der Waals surface area contributed by atoms with Gasteiger partial charge in [-0.3, -0.25) is 5.41 Å². The molecule has 25 heavy (non-hydrogen) atoms. The molecule has 1 heterocycles. The van der Waals surface area contributed by atoms with Crippen molar-refractivity contribution >= 4 is 22.8 Å². The van der Waals surface area contributed by atoms with Gasteiger partial charge < -0.3 is 4.74 Å². The fourth-order valence-corrected chi connectivity index (χ4v) is 3.92. The number of carbonyl (C=O) groups excluding carboxylic acids is 1. The summed E-state index contributed by atoms with van der Waals surface area (Å²) in [6.07, 6.45) is -0.233. The van der Waals surface area contributed by atoms with E-state index in [1.807, 2.05) is 31.2 Å². The Morgan fingerprint density at radius 3 is 2.32 bits per heavy atom. The minimum Gasteiger partial charge on any atom is -0.460 e. The van der Waals surface area contributed by atoms with Crippen LogP contribution in [-0.2, 0) is 9.53 Å². The highest BCUT2D eigenvalue weighted by Crippen LogP contribution is 2.45. The van der Waals surface area contributed by atoms with E-state index >= 15 is 0 Å². The Morgan fingerprint density at radius 1 is 1.24 bits per heavy atom. The van der Waals surface area contributed by atoms with E-state index in [0.717, 1.165) is 10.5 Å². The summed E-state index contributed by atoms with van der Waals surface area (Å²) in [6, 6.07) is 10.2. The van der Waals surface area contributed by atoms with Gasteiger partial charge in [-0.05, 0) is 42.7 Å². The Balaban J connectivity index is 2.53. The molecule has 0 saturated carbocycles. The van der Waals surface area contributed by atoms with Gasteiger partial charge in [-0.15, -0.1) is 0 Å². The van der Waals surface area contributed by atoms with Gasteiger partial charge >= 0.3 is 5.97 Å². The first-order valence-corrected chi connectivity index (χ1v) is 9.25. The number of thioether (sulfide) groups is 1. The van der Waals surface area contributed by atoms with Crippen LogP contribution in [0.15, 0.2) is 34.7 Å². The van der Waals surface area contributed by atoms with Gasteiger partial charge in [0.2, 0.25) is 0 Å². The summed E-state index contributed by atoms with van der Waals surface area (Å²) in [6.45, 7) is 9.67. The third-order valence-corrected chi connectivity index (χ3v) is 5.23. The second-order valence-corrected chi connectivity index (χ2v) is 8.05. The number of esters is 1. The number of carbonyl (C=O) groups is 1. The molecule has 1 aromatic rings. The summed E-state index contributed by atoms with van der Waals surface area (Å²) in [7, 11) is 0. The number of rotatable bonds is 4. The summed E-state index contributed by atoms with van der Waals surface area (Å²) in [5.41, 5.74) is 2.57. The Bertz CT molecular complexity index is 742. The maximum absolute atomic E-state index is 12.7. The molecule has 0 radical (unpaired) electrons. The number of hydrogen-bond donors (Lipinski definition) is 1. The minimum absolute atomic E-state index is 0.233. The summed E-state index contributed by atoms with van der Waals surface area (Å²) >= 11 is 1.18. The molecule has 4 nitrogen and oxygen atoms in total. The Morgan fingerprint density at radius 2 is 1.84 bits per heavy atom. The molecule has 0 spiro atoms. The van der Waals surface area contributed by atoms with E-state index < -0.39 is 17.8 Å². The van der Waals surface area contributed by atoms with Gasteiger partial charge in [-0.1, -0.05) is 49.9 Å². The van der Waals surface area contributed by atoms with Crippen molar-refractivity contribution in [2.24, 2.45) is 5.92 Å². The molecule has 1 aromatic carbocycles. The number of ether oxygens (including phenoxy) is 1. The maximum Gasteiger partial charge on any atom is 0.335 e. The number of benzene rings is 1. The van der Waals surface area contributed by atoms with Crippen LogP contribution < -0.4 is 0 Å². The average molecular weight is 356 g/mol. The first-order chi connectivity index (χ1) is 11.8. The van der Waals surface area contributed by atoms with Crippen molar-refractivity contribution in [3.63, 3.8) is 0 Å². The van der Waals surface area contributed by atoms with Crippen molar-refractivity contribution in [3.05, 3.63) is 45.9 Å². The lowest BCUT2D eigenvalue weighted by atomic mass is 9.80. The lowest BCUT2D eigenvalue weighted by Crippen LogP contribution is -2.30. The number of hydrogen-bond acceptors (Lipinski definition) is 5. The zero-order chi connectivity index (χ0) is 18.7. The number of allylic oxidation sites excluding steroid dienone is 1. The highest BCUT2D eigenvalue weighted by atomic mass is 32.2. The van der Waals surface area contributed by atoms with Gasteiger partial charge in [0.05, 0.1) is 22.8 Å². The SMILES string of the molecule is CC1=C(C(=O)OC(C)C)[C@H](c2ccc(C(C)C)cc2)[C@H](C#N)C(=N)S1. The molecule has 2 rings (SSSR count). The van der Waals surface area contributed by atoms with E-state index in [2.05, 4.69) is 19.9 Å². The first-order valence-electron chi connectivity index (χ1n) is 8.43. The standard InChI is InChI=1S/C20H24N2O2S/c1-11(2)14-6-8-15(9-7-14)18-16(10-21)19(22)25-13(5)17(18)20(23)24-12(3)4/h6-9,11-12,16,18,22H,1-5H3/t16-,18+/m0/s1. The zero-order valence-corrected chi connectivity index (χ0v) is 16.1. The van der Waals surface area contributed by atoms with Crippen LogP contribution in [0.25, 0.3) is 0 Å². The van der Waals surface area contributed by atoms with E-state index in [1.54, 1.807) is 13.8 Å². The van der Waals surface area contributed by atoms with E-state index in [0.29, 0.717) is 11.5 Å². The third kappa shape index (κ3) is 4.13. The third-order valence-electron chi connectivity index (χ3n) is 4.23. The molecule has 1 aliphatic heterocycles. The van der Waals surface area contributed by atoms with Crippen molar-refractivity contribution in [1.82, 2.24) is 0 Å². The number of nitriles is 1. The Labute approximate surface area is 153 Å². The molecule has 132 valence electrons. The summed E-state index contributed by atoms with van der Waals surface area (Å²) < 4.78 is 5.41. The van der Waals surface area contributed by atoms with E-state index in [1.165, 1.54) is 17.3 Å². The van der Waals surface area contributed by atoms with Crippen LogP contribution >= 0.6 is 11.8 Å². The highest BCUT2D eigenvalue weighted by molar-refractivity contribution is 8.17. The fraction of sp³-hybridized carbons (Fsp3) is 0.450. The van der Waals surface area contributed by atoms with Crippen molar-refractivity contribution in [1.29, 1.82) is 10.7 Å². The predicted octanol–water partition coefficient (Wildman–Crippen LogP) is 4.98. The van der Waals surface area contributed by atoms with E-state index in [9.17, 15) is 10.1 Å². The second-order valence-electron chi connectivity index (χ2n) is 6.80. The van der Waals surface area contributed by atoms with Gasteiger partial charge in [0.25, 0.3) is 0 Å². The lowest BCUT2D eigenvalue weighted by molar-refractivity contribution is -0.143. The van der Waals surface area contributed by atoms with E-state index in [4.69, 9.17) is 10.1 Å². The molecule has 2 atom stereocenters. The largest absolute Gasteiger partial charge is 0.460 e. The van der Waals surface area contributed by atoms with Gasteiger partial charge in [0.15, 0.2) is 0 Å². The van der Waals surface area contributed by atoms with Crippen molar-refractivity contribution in [2.45, 2.75) is 52.6 Å². The molecule has 5 heteroatoms. The van der Waals surface area contributed by atoms with Crippen molar-refractivity contribution < 1.29 is 9.53 Å². The van der Waals surface area contributed by atoms with Crippen LogP contribution in [0.1, 0.15) is 57.6 Å². The minimum atomic E-state index is -0.673. The maximum atomic E-state index is 12.7. The zero-order valence-electron chi connectivity index (χ0n) is 15.3. The van der Waals surface area contributed by atoms with Crippen LogP contribution in [0.3, 0.4) is 0 Å². The van der Waals surface area contributed by atoms with Crippen molar-refractivity contribution in [2.75, 3.05) is 0 Å². The number of nitrogens with one attached hydrogen (secondary N) is 1. The molecule has 0 amide bonds. The monoisotopic (exact) mass is 356 g/mol. The average Bonchev–Trinajstić information content (AvgIpc) is 2.53. The lowest BCUT2D eigenvalue weighted by Gasteiger charge is -2.31. The summed E-state index contributed by atoms with van der Waals surface area (Å²) in [5.74, 6) is -1.13. The van der Waals surface area contributed by atoms with Gasteiger partial charge in [-0.25, -0.2) is 4.79 Å². The van der Waals surface area contributed by atoms with Gasteiger partial charge in [0, 0.05) is 5.92 Å². The van der Waals surface area contributed by atoms with E-state index in [-0.39, 0.29) is 11.1 Å². The van der Waals surface area contributed by atoms with Crippen LogP contribution in [0.2, 0.25) is 0 Å². The van der Waals surface area contributed by atoms with Gasteiger partial charge in [-0.2, -0.15) is 5.26 Å². The normalized spacial score (nSPS) is 20.8. The molecule has 0 fully saturated rings. The Kier molecular flexibility index (Phi) is 6.07. The van der Waals surface area contributed by atoms with Crippen LogP contribution in [0, 0.1) is 22.7 Å². The summed E-state index contributed by atoms with van der Waals surface area (Å²) in [4.78, 5) is 13.4. The molecular formula is C20H24N2O2S. The predicted molar refractivity (Wildman–Crippen MR) is 102 cm³/mol. The van der Waals surface area contributed by atoms with Crippen molar-refractivity contribution in [3.8, 4) is 6.07 Å². The highest BCUT2D eigenvalue weighted by Gasteiger charge is 2.40. The molecule has 0 aliphatic carbocycles. The van der Waals surface area contributed by atoms with Crippen LogP contribution in [0.5, 0.6) is 0 Å². The smallest absolute Gasteiger partial charge is 0.335 e. The molecule has 1 aliphatic rings. The molecule has 0 bridgehead atoms. The molecule has 0 unspecified atom stereocenters. The fourth-order valence-electron chi connectivity index (χ4n) is 2.95.